The highest BCUT2D eigenvalue weighted by molar-refractivity contribution is 6.33. The van der Waals surface area contributed by atoms with E-state index in [4.69, 9.17) is 5.11 Å². The Morgan fingerprint density at radius 1 is 1.44 bits per heavy atom. The Balaban J connectivity index is 3.07. The zero-order chi connectivity index (χ0) is 12.3. The van der Waals surface area contributed by atoms with Gasteiger partial charge in [0.25, 0.3) is 0 Å². The van der Waals surface area contributed by atoms with Crippen LogP contribution in [-0.4, -0.2) is 21.8 Å². The summed E-state index contributed by atoms with van der Waals surface area (Å²) in [4.78, 5) is 30.5. The van der Waals surface area contributed by atoms with Crippen LogP contribution in [0.4, 0.5) is 10.1 Å². The van der Waals surface area contributed by atoms with Crippen LogP contribution >= 0.6 is 0 Å². The Bertz CT molecular complexity index is 471. The number of nitro benzene ring substituents is 1. The summed E-state index contributed by atoms with van der Waals surface area (Å²) in [6.45, 7) is 0. The first-order valence-corrected chi connectivity index (χ1v) is 4.11. The smallest absolute Gasteiger partial charge is 0.372 e. The van der Waals surface area contributed by atoms with Crippen LogP contribution in [-0.2, 0) is 16.0 Å². The molecule has 0 radical (unpaired) electrons. The molecule has 0 bridgehead atoms. The van der Waals surface area contributed by atoms with Gasteiger partial charge in [-0.3, -0.25) is 14.9 Å². The number of hydrogen-bond donors (Lipinski definition) is 1. The van der Waals surface area contributed by atoms with Gasteiger partial charge in [0, 0.05) is 18.1 Å². The predicted octanol–water partition coefficient (Wildman–Crippen LogP) is 0.930. The molecule has 0 heterocycles. The third-order valence-corrected chi connectivity index (χ3v) is 1.84. The van der Waals surface area contributed by atoms with Crippen LogP contribution in [0.15, 0.2) is 18.2 Å². The number of ketones is 1. The predicted molar refractivity (Wildman–Crippen MR) is 49.4 cm³/mol. The minimum Gasteiger partial charge on any atom is -0.475 e. The normalized spacial score (nSPS) is 9.81. The van der Waals surface area contributed by atoms with E-state index in [1.54, 1.807) is 0 Å². The van der Waals surface area contributed by atoms with Gasteiger partial charge in [0.2, 0.25) is 11.6 Å². The molecule has 0 fully saturated rings. The van der Waals surface area contributed by atoms with Crippen LogP contribution in [0.5, 0.6) is 0 Å². The van der Waals surface area contributed by atoms with Gasteiger partial charge in [-0.15, -0.1) is 0 Å². The van der Waals surface area contributed by atoms with E-state index < -0.39 is 34.6 Å². The molecule has 0 saturated carbocycles. The second-order valence-electron chi connectivity index (χ2n) is 2.91. The van der Waals surface area contributed by atoms with E-state index in [0.717, 1.165) is 12.1 Å². The van der Waals surface area contributed by atoms with Crippen molar-refractivity contribution in [1.29, 1.82) is 0 Å². The van der Waals surface area contributed by atoms with Crippen molar-refractivity contribution < 1.29 is 24.0 Å². The van der Waals surface area contributed by atoms with E-state index in [9.17, 15) is 24.1 Å². The van der Waals surface area contributed by atoms with Crippen LogP contribution in [0, 0.1) is 15.9 Å². The number of aliphatic carboxylic acids is 1. The lowest BCUT2D eigenvalue weighted by Gasteiger charge is -2.00. The highest BCUT2D eigenvalue weighted by Crippen LogP contribution is 2.20. The summed E-state index contributed by atoms with van der Waals surface area (Å²) in [7, 11) is 0. The molecule has 0 atom stereocenters. The highest BCUT2D eigenvalue weighted by atomic mass is 19.1. The lowest BCUT2D eigenvalue weighted by atomic mass is 10.1. The summed E-state index contributed by atoms with van der Waals surface area (Å²) in [5, 5.41) is 18.7. The van der Waals surface area contributed by atoms with E-state index in [-0.39, 0.29) is 5.56 Å². The number of nitro groups is 1. The third-order valence-electron chi connectivity index (χ3n) is 1.84. The number of rotatable bonds is 4. The first-order chi connectivity index (χ1) is 7.43. The van der Waals surface area contributed by atoms with Gasteiger partial charge in [-0.2, -0.15) is 4.39 Å². The molecule has 0 amide bonds. The molecule has 0 aliphatic rings. The number of hydrogen-bond acceptors (Lipinski definition) is 4. The molecule has 0 aromatic heterocycles. The van der Waals surface area contributed by atoms with Crippen molar-refractivity contribution in [3.63, 3.8) is 0 Å². The minimum absolute atomic E-state index is 0.304. The van der Waals surface area contributed by atoms with Gasteiger partial charge in [-0.05, 0) is 0 Å². The fraction of sp³-hybridized carbons (Fsp3) is 0.111. The number of carbonyl (C=O) groups excluding carboxylic acids is 1. The molecule has 1 aromatic rings. The average Bonchev–Trinajstić information content (AvgIpc) is 2.20. The van der Waals surface area contributed by atoms with Crippen LogP contribution in [0.3, 0.4) is 0 Å². The number of carboxylic acid groups (broad SMARTS) is 1. The van der Waals surface area contributed by atoms with Crippen molar-refractivity contribution in [3.05, 3.63) is 39.7 Å². The maximum atomic E-state index is 13.4. The lowest BCUT2D eigenvalue weighted by molar-refractivity contribution is -0.387. The fourth-order valence-electron chi connectivity index (χ4n) is 1.09. The number of carbonyl (C=O) groups is 2. The van der Waals surface area contributed by atoms with Gasteiger partial charge >= 0.3 is 11.7 Å². The second kappa shape index (κ2) is 4.47. The van der Waals surface area contributed by atoms with E-state index in [0.29, 0.717) is 0 Å². The Morgan fingerprint density at radius 3 is 2.56 bits per heavy atom. The van der Waals surface area contributed by atoms with Gasteiger partial charge in [-0.25, -0.2) is 4.79 Å². The first kappa shape index (κ1) is 11.8. The van der Waals surface area contributed by atoms with E-state index >= 15 is 0 Å². The molecule has 84 valence electrons. The molecular formula is C9H6FNO5. The molecular weight excluding hydrogens is 221 g/mol. The zero-order valence-corrected chi connectivity index (χ0v) is 7.84. The lowest BCUT2D eigenvalue weighted by Crippen LogP contribution is -2.16. The Morgan fingerprint density at radius 2 is 2.06 bits per heavy atom. The molecule has 1 aromatic carbocycles. The van der Waals surface area contributed by atoms with Crippen LogP contribution in [0.25, 0.3) is 0 Å². The largest absolute Gasteiger partial charge is 0.475 e. The third kappa shape index (κ3) is 2.38. The summed E-state index contributed by atoms with van der Waals surface area (Å²) in [6.07, 6.45) is -0.706. The van der Waals surface area contributed by atoms with Crippen molar-refractivity contribution in [3.8, 4) is 0 Å². The summed E-state index contributed by atoms with van der Waals surface area (Å²) >= 11 is 0. The number of carboxylic acids is 1. The quantitative estimate of drug-likeness (QED) is 0.468. The average molecular weight is 227 g/mol. The number of halogens is 1. The second-order valence-corrected chi connectivity index (χ2v) is 2.91. The molecule has 0 aliphatic carbocycles. The molecule has 0 saturated heterocycles. The van der Waals surface area contributed by atoms with E-state index in [1.165, 1.54) is 6.07 Å². The van der Waals surface area contributed by atoms with Gasteiger partial charge in [-0.1, -0.05) is 12.1 Å². The van der Waals surface area contributed by atoms with Crippen molar-refractivity contribution in [2.75, 3.05) is 0 Å². The van der Waals surface area contributed by atoms with E-state index in [2.05, 4.69) is 0 Å². The summed E-state index contributed by atoms with van der Waals surface area (Å²) in [5.74, 6) is -4.10. The van der Waals surface area contributed by atoms with Crippen LogP contribution in [0.2, 0.25) is 0 Å². The van der Waals surface area contributed by atoms with E-state index in [1.807, 2.05) is 0 Å². The molecule has 0 unspecified atom stereocenters. The minimum atomic E-state index is -1.70. The molecule has 1 N–H and O–H groups in total. The topological polar surface area (TPSA) is 97.5 Å². The monoisotopic (exact) mass is 227 g/mol. The fourth-order valence-corrected chi connectivity index (χ4v) is 1.09. The summed E-state index contributed by atoms with van der Waals surface area (Å²) < 4.78 is 13.4. The molecule has 6 nitrogen and oxygen atoms in total. The molecule has 0 spiro atoms. The Kier molecular flexibility index (Phi) is 3.29. The van der Waals surface area contributed by atoms with Gasteiger partial charge in [0.05, 0.1) is 4.92 Å². The summed E-state index contributed by atoms with van der Waals surface area (Å²) in [5.41, 5.74) is -1.09. The molecule has 1 rings (SSSR count). The molecule has 0 aliphatic heterocycles. The van der Waals surface area contributed by atoms with Gasteiger partial charge < -0.3 is 5.11 Å². The molecule has 7 heteroatoms. The van der Waals surface area contributed by atoms with Gasteiger partial charge in [0.15, 0.2) is 0 Å². The number of Topliss-reactive ketones (excluding diaryl/α,β-unsaturated/α-hetero) is 1. The first-order valence-electron chi connectivity index (χ1n) is 4.11. The molecule has 16 heavy (non-hydrogen) atoms. The zero-order valence-electron chi connectivity index (χ0n) is 7.84. The van der Waals surface area contributed by atoms with Gasteiger partial charge in [0.1, 0.15) is 0 Å². The number of nitrogens with zero attached hydrogens (tertiary/aromatic N) is 1. The van der Waals surface area contributed by atoms with Crippen molar-refractivity contribution in [2.45, 2.75) is 6.42 Å². The Labute approximate surface area is 88.5 Å². The van der Waals surface area contributed by atoms with Crippen LogP contribution in [0.1, 0.15) is 5.56 Å². The summed E-state index contributed by atoms with van der Waals surface area (Å²) in [6, 6.07) is 3.25. The van der Waals surface area contributed by atoms with Crippen molar-refractivity contribution >= 4 is 17.4 Å². The highest BCUT2D eigenvalue weighted by Gasteiger charge is 2.21. The standard InChI is InChI=1S/C9H6FNO5/c10-8-5(4-7(12)9(13)14)2-1-3-6(8)11(15)16/h1-3H,4H2,(H,13,14). The van der Waals surface area contributed by atoms with Crippen molar-refractivity contribution in [2.24, 2.45) is 0 Å². The van der Waals surface area contributed by atoms with Crippen molar-refractivity contribution in [1.82, 2.24) is 0 Å². The van der Waals surface area contributed by atoms with Crippen LogP contribution < -0.4 is 0 Å². The Hall–Kier alpha value is -2.31. The SMILES string of the molecule is O=C(O)C(=O)Cc1cccc([N+](=O)[O-])c1F. The maximum Gasteiger partial charge on any atom is 0.372 e. The number of benzene rings is 1. The maximum absolute atomic E-state index is 13.4.